The number of aromatic nitrogens is 7. The van der Waals surface area contributed by atoms with E-state index in [-0.39, 0.29) is 11.9 Å². The standard InChI is InChI=1S/C15H18N8O/c1-4-13-18-15(21-20-13)9(2)23-8-12(19-22-23)11-5-6-16-14(7-11)17-10(3)24/h5-9H,4H2,1-3H3,(H,16,17,24)(H,18,20,21). The van der Waals surface area contributed by atoms with Crippen LogP contribution < -0.4 is 5.32 Å². The third-order valence-electron chi connectivity index (χ3n) is 3.52. The second-order valence-corrected chi connectivity index (χ2v) is 5.36. The van der Waals surface area contributed by atoms with Gasteiger partial charge in [0.25, 0.3) is 0 Å². The van der Waals surface area contributed by atoms with E-state index in [0.717, 1.165) is 17.8 Å². The molecule has 0 aliphatic heterocycles. The zero-order valence-electron chi connectivity index (χ0n) is 13.7. The van der Waals surface area contributed by atoms with Gasteiger partial charge in [-0.05, 0) is 19.1 Å². The number of nitrogens with one attached hydrogen (secondary N) is 2. The summed E-state index contributed by atoms with van der Waals surface area (Å²) in [7, 11) is 0. The zero-order chi connectivity index (χ0) is 17.1. The third kappa shape index (κ3) is 3.29. The summed E-state index contributed by atoms with van der Waals surface area (Å²) in [4.78, 5) is 19.7. The molecule has 0 aromatic carbocycles. The molecule has 3 aromatic rings. The van der Waals surface area contributed by atoms with Crippen LogP contribution in [0.25, 0.3) is 11.3 Å². The van der Waals surface area contributed by atoms with Crippen molar-refractivity contribution < 1.29 is 4.79 Å². The maximum atomic E-state index is 11.1. The lowest BCUT2D eigenvalue weighted by Crippen LogP contribution is -2.09. The largest absolute Gasteiger partial charge is 0.311 e. The number of nitrogens with zero attached hydrogens (tertiary/aromatic N) is 6. The van der Waals surface area contributed by atoms with Crippen LogP contribution in [0.1, 0.15) is 38.5 Å². The lowest BCUT2D eigenvalue weighted by molar-refractivity contribution is -0.114. The van der Waals surface area contributed by atoms with Crippen LogP contribution in [0.4, 0.5) is 5.82 Å². The van der Waals surface area contributed by atoms with E-state index in [4.69, 9.17) is 0 Å². The van der Waals surface area contributed by atoms with E-state index in [9.17, 15) is 4.79 Å². The van der Waals surface area contributed by atoms with E-state index in [1.54, 1.807) is 16.9 Å². The average Bonchev–Trinajstić information content (AvgIpc) is 3.23. The minimum Gasteiger partial charge on any atom is -0.311 e. The fourth-order valence-corrected chi connectivity index (χ4v) is 2.21. The summed E-state index contributed by atoms with van der Waals surface area (Å²) in [5.41, 5.74) is 1.50. The molecule has 3 rings (SSSR count). The fourth-order valence-electron chi connectivity index (χ4n) is 2.21. The van der Waals surface area contributed by atoms with Crippen molar-refractivity contribution in [3.8, 4) is 11.3 Å². The van der Waals surface area contributed by atoms with E-state index >= 15 is 0 Å². The van der Waals surface area contributed by atoms with Gasteiger partial charge in [0.05, 0.1) is 6.20 Å². The summed E-state index contributed by atoms with van der Waals surface area (Å²) >= 11 is 0. The Bertz CT molecular complexity index is 853. The highest BCUT2D eigenvalue weighted by Gasteiger charge is 2.16. The number of pyridine rings is 1. The van der Waals surface area contributed by atoms with E-state index in [0.29, 0.717) is 17.3 Å². The predicted molar refractivity (Wildman–Crippen MR) is 87.1 cm³/mol. The number of amides is 1. The molecule has 9 heteroatoms. The van der Waals surface area contributed by atoms with Crippen molar-refractivity contribution in [1.29, 1.82) is 0 Å². The molecule has 0 saturated carbocycles. The average molecular weight is 326 g/mol. The molecule has 0 aliphatic carbocycles. The number of H-pyrrole nitrogens is 1. The molecule has 0 fully saturated rings. The Labute approximate surface area is 138 Å². The molecule has 0 saturated heterocycles. The molecule has 0 radical (unpaired) electrons. The highest BCUT2D eigenvalue weighted by Crippen LogP contribution is 2.21. The molecule has 1 amide bonds. The van der Waals surface area contributed by atoms with Crippen molar-refractivity contribution >= 4 is 11.7 Å². The van der Waals surface area contributed by atoms with Crippen LogP contribution in [0.5, 0.6) is 0 Å². The molecule has 1 atom stereocenters. The van der Waals surface area contributed by atoms with Gasteiger partial charge in [0.1, 0.15) is 23.4 Å². The maximum Gasteiger partial charge on any atom is 0.222 e. The second kappa shape index (κ2) is 6.57. The minimum atomic E-state index is -0.173. The van der Waals surface area contributed by atoms with Gasteiger partial charge < -0.3 is 5.32 Å². The van der Waals surface area contributed by atoms with Crippen molar-refractivity contribution in [3.63, 3.8) is 0 Å². The lowest BCUT2D eigenvalue weighted by Gasteiger charge is -2.06. The van der Waals surface area contributed by atoms with Gasteiger partial charge in [0.2, 0.25) is 5.91 Å². The SMILES string of the molecule is CCc1nc(C(C)n2cc(-c3ccnc(NC(C)=O)c3)nn2)n[nH]1. The first-order valence-electron chi connectivity index (χ1n) is 7.64. The van der Waals surface area contributed by atoms with Crippen LogP contribution in [0.3, 0.4) is 0 Å². The quantitative estimate of drug-likeness (QED) is 0.736. The van der Waals surface area contributed by atoms with Crippen molar-refractivity contribution in [2.24, 2.45) is 0 Å². The number of carbonyl (C=O) groups excluding carboxylic acids is 1. The van der Waals surface area contributed by atoms with E-state index in [2.05, 4.69) is 35.8 Å². The molecular weight excluding hydrogens is 308 g/mol. The summed E-state index contributed by atoms with van der Waals surface area (Å²) in [6.45, 7) is 5.41. The molecule has 2 N–H and O–H groups in total. The van der Waals surface area contributed by atoms with Crippen LogP contribution in [0, 0.1) is 0 Å². The first kappa shape index (κ1) is 15.8. The van der Waals surface area contributed by atoms with Crippen molar-refractivity contribution in [3.05, 3.63) is 36.2 Å². The summed E-state index contributed by atoms with van der Waals surface area (Å²) in [5.74, 6) is 1.81. The van der Waals surface area contributed by atoms with E-state index < -0.39 is 0 Å². The molecule has 0 aliphatic rings. The fraction of sp³-hybridized carbons (Fsp3) is 0.333. The van der Waals surface area contributed by atoms with Gasteiger partial charge in [0.15, 0.2) is 5.82 Å². The molecule has 0 bridgehead atoms. The predicted octanol–water partition coefficient (Wildman–Crippen LogP) is 1.59. The number of anilines is 1. The van der Waals surface area contributed by atoms with Gasteiger partial charge in [-0.2, -0.15) is 5.10 Å². The Kier molecular flexibility index (Phi) is 4.32. The molecule has 24 heavy (non-hydrogen) atoms. The van der Waals surface area contributed by atoms with E-state index in [1.807, 2.05) is 26.1 Å². The summed E-state index contributed by atoms with van der Waals surface area (Å²) < 4.78 is 1.70. The van der Waals surface area contributed by atoms with Crippen LogP contribution >= 0.6 is 0 Å². The highest BCUT2D eigenvalue weighted by atomic mass is 16.1. The van der Waals surface area contributed by atoms with Gasteiger partial charge in [0, 0.05) is 25.1 Å². The maximum absolute atomic E-state index is 11.1. The first-order chi connectivity index (χ1) is 11.6. The summed E-state index contributed by atoms with van der Waals surface area (Å²) in [5, 5.41) is 18.1. The summed E-state index contributed by atoms with van der Waals surface area (Å²) in [6, 6.07) is 3.42. The Hall–Kier alpha value is -3.10. The first-order valence-corrected chi connectivity index (χ1v) is 7.64. The number of hydrogen-bond donors (Lipinski definition) is 2. The highest BCUT2D eigenvalue weighted by molar-refractivity contribution is 5.88. The van der Waals surface area contributed by atoms with E-state index in [1.165, 1.54) is 6.92 Å². The molecule has 124 valence electrons. The van der Waals surface area contributed by atoms with Gasteiger partial charge in [-0.3, -0.25) is 9.89 Å². The molecule has 1 unspecified atom stereocenters. The number of aromatic amines is 1. The van der Waals surface area contributed by atoms with Crippen molar-refractivity contribution in [1.82, 2.24) is 35.2 Å². The van der Waals surface area contributed by atoms with Crippen LogP contribution in [0.2, 0.25) is 0 Å². The molecule has 3 heterocycles. The number of hydrogen-bond acceptors (Lipinski definition) is 6. The number of rotatable bonds is 5. The number of aryl methyl sites for hydroxylation is 1. The molecular formula is C15H18N8O. The Morgan fingerprint density at radius 2 is 2.29 bits per heavy atom. The van der Waals surface area contributed by atoms with Gasteiger partial charge in [-0.25, -0.2) is 14.6 Å². The zero-order valence-corrected chi connectivity index (χ0v) is 13.7. The Morgan fingerprint density at radius 1 is 1.46 bits per heavy atom. The van der Waals surface area contributed by atoms with Crippen LogP contribution in [0.15, 0.2) is 24.5 Å². The Morgan fingerprint density at radius 3 is 3.00 bits per heavy atom. The monoisotopic (exact) mass is 326 g/mol. The Balaban J connectivity index is 1.83. The van der Waals surface area contributed by atoms with Gasteiger partial charge >= 0.3 is 0 Å². The third-order valence-corrected chi connectivity index (χ3v) is 3.52. The van der Waals surface area contributed by atoms with Gasteiger partial charge in [-0.1, -0.05) is 12.1 Å². The lowest BCUT2D eigenvalue weighted by atomic mass is 10.2. The number of carbonyl (C=O) groups is 1. The minimum absolute atomic E-state index is 0.139. The topological polar surface area (TPSA) is 114 Å². The van der Waals surface area contributed by atoms with Gasteiger partial charge in [-0.15, -0.1) is 5.10 Å². The van der Waals surface area contributed by atoms with Crippen molar-refractivity contribution in [2.45, 2.75) is 33.2 Å². The summed E-state index contributed by atoms with van der Waals surface area (Å²) in [6.07, 6.45) is 4.23. The molecule has 9 nitrogen and oxygen atoms in total. The molecule has 3 aromatic heterocycles. The van der Waals surface area contributed by atoms with Crippen molar-refractivity contribution in [2.75, 3.05) is 5.32 Å². The molecule has 0 spiro atoms. The van der Waals surface area contributed by atoms with Crippen LogP contribution in [-0.2, 0) is 11.2 Å². The smallest absolute Gasteiger partial charge is 0.222 e. The normalized spacial score (nSPS) is 12.1. The second-order valence-electron chi connectivity index (χ2n) is 5.36. The van der Waals surface area contributed by atoms with Crippen LogP contribution in [-0.4, -0.2) is 41.1 Å².